The molecule has 1 heterocycles. The van der Waals surface area contributed by atoms with Crippen LogP contribution in [-0.4, -0.2) is 16.1 Å². The summed E-state index contributed by atoms with van der Waals surface area (Å²) in [6.07, 6.45) is 3.06. The van der Waals surface area contributed by atoms with E-state index in [2.05, 4.69) is 17.1 Å². The van der Waals surface area contributed by atoms with E-state index in [4.69, 9.17) is 5.73 Å². The monoisotopic (exact) mass is 179 g/mol. The fourth-order valence-corrected chi connectivity index (χ4v) is 1.87. The van der Waals surface area contributed by atoms with Gasteiger partial charge in [0, 0.05) is 11.3 Å². The van der Waals surface area contributed by atoms with E-state index < -0.39 is 5.91 Å². The highest BCUT2D eigenvalue weighted by Gasteiger charge is 2.23. The van der Waals surface area contributed by atoms with Crippen LogP contribution in [0.15, 0.2) is 0 Å². The molecule has 4 nitrogen and oxygen atoms in total. The van der Waals surface area contributed by atoms with Crippen molar-refractivity contribution in [2.75, 3.05) is 0 Å². The van der Waals surface area contributed by atoms with Gasteiger partial charge in [-0.15, -0.1) is 0 Å². The summed E-state index contributed by atoms with van der Waals surface area (Å²) in [5.74, 6) is 0.204. The van der Waals surface area contributed by atoms with Crippen molar-refractivity contribution in [2.45, 2.75) is 26.2 Å². The average molecular weight is 179 g/mol. The second kappa shape index (κ2) is 2.87. The van der Waals surface area contributed by atoms with Gasteiger partial charge in [-0.3, -0.25) is 9.89 Å². The maximum atomic E-state index is 11.0. The van der Waals surface area contributed by atoms with Crippen molar-refractivity contribution >= 4 is 5.91 Å². The number of hydrogen-bond donors (Lipinski definition) is 2. The Morgan fingerprint density at radius 2 is 2.46 bits per heavy atom. The molecule has 0 fully saturated rings. The highest BCUT2D eigenvalue weighted by molar-refractivity contribution is 5.92. The second-order valence-electron chi connectivity index (χ2n) is 3.74. The summed E-state index contributed by atoms with van der Waals surface area (Å²) in [6, 6.07) is 0. The van der Waals surface area contributed by atoms with Crippen molar-refractivity contribution in [1.82, 2.24) is 10.2 Å². The van der Waals surface area contributed by atoms with Crippen molar-refractivity contribution in [1.29, 1.82) is 0 Å². The molecule has 4 heteroatoms. The Morgan fingerprint density at radius 3 is 3.15 bits per heavy atom. The van der Waals surface area contributed by atoms with Crippen molar-refractivity contribution in [3.8, 4) is 0 Å². The van der Waals surface area contributed by atoms with Crippen LogP contribution in [0.25, 0.3) is 0 Å². The average Bonchev–Trinajstić information content (AvgIpc) is 2.46. The molecule has 0 bridgehead atoms. The molecule has 0 aliphatic heterocycles. The van der Waals surface area contributed by atoms with Gasteiger partial charge >= 0.3 is 0 Å². The summed E-state index contributed by atoms with van der Waals surface area (Å²) >= 11 is 0. The molecular weight excluding hydrogens is 166 g/mol. The van der Waals surface area contributed by atoms with Crippen LogP contribution < -0.4 is 5.73 Å². The number of rotatable bonds is 1. The van der Waals surface area contributed by atoms with E-state index in [1.54, 1.807) is 0 Å². The fourth-order valence-electron chi connectivity index (χ4n) is 1.87. The molecule has 3 N–H and O–H groups in total. The molecule has 1 amide bonds. The largest absolute Gasteiger partial charge is 0.364 e. The summed E-state index contributed by atoms with van der Waals surface area (Å²) in [6.45, 7) is 2.18. The second-order valence-corrected chi connectivity index (χ2v) is 3.74. The molecule has 1 aromatic rings. The van der Waals surface area contributed by atoms with Crippen LogP contribution in [0.4, 0.5) is 0 Å². The predicted octanol–water partition coefficient (Wildman–Crippen LogP) is 0.633. The molecule has 13 heavy (non-hydrogen) atoms. The van der Waals surface area contributed by atoms with Crippen LogP contribution in [0.5, 0.6) is 0 Å². The number of primary amides is 1. The third-order valence-electron chi connectivity index (χ3n) is 2.63. The number of aryl methyl sites for hydroxylation is 1. The van der Waals surface area contributed by atoms with Crippen molar-refractivity contribution in [2.24, 2.45) is 11.7 Å². The number of amides is 1. The maximum Gasteiger partial charge on any atom is 0.269 e. The summed E-state index contributed by atoms with van der Waals surface area (Å²) in [5, 5.41) is 6.81. The zero-order chi connectivity index (χ0) is 9.42. The van der Waals surface area contributed by atoms with Crippen LogP contribution >= 0.6 is 0 Å². The molecule has 70 valence electrons. The Kier molecular flexibility index (Phi) is 1.83. The normalized spacial score (nSPS) is 21.2. The lowest BCUT2D eigenvalue weighted by atomic mass is 9.88. The molecule has 1 aliphatic rings. The minimum atomic E-state index is -0.424. The van der Waals surface area contributed by atoms with Gasteiger partial charge in [-0.2, -0.15) is 5.10 Å². The highest BCUT2D eigenvalue weighted by atomic mass is 16.1. The smallest absolute Gasteiger partial charge is 0.269 e. The zero-order valence-electron chi connectivity index (χ0n) is 7.63. The van der Waals surface area contributed by atoms with E-state index in [1.165, 1.54) is 0 Å². The summed E-state index contributed by atoms with van der Waals surface area (Å²) in [5.41, 5.74) is 7.76. The van der Waals surface area contributed by atoms with Gasteiger partial charge in [-0.05, 0) is 25.2 Å². The lowest BCUT2D eigenvalue weighted by Crippen LogP contribution is -2.17. The zero-order valence-corrected chi connectivity index (χ0v) is 7.63. The van der Waals surface area contributed by atoms with Crippen molar-refractivity contribution in [3.05, 3.63) is 17.0 Å². The summed E-state index contributed by atoms with van der Waals surface area (Å²) < 4.78 is 0. The summed E-state index contributed by atoms with van der Waals surface area (Å²) in [7, 11) is 0. The first-order valence-corrected chi connectivity index (χ1v) is 4.54. The molecule has 0 saturated carbocycles. The molecule has 0 spiro atoms. The Balaban J connectivity index is 2.41. The molecule has 1 aromatic heterocycles. The van der Waals surface area contributed by atoms with Crippen molar-refractivity contribution in [3.63, 3.8) is 0 Å². The van der Waals surface area contributed by atoms with Crippen molar-refractivity contribution < 1.29 is 4.79 Å². The SMILES string of the molecule is C[C@@H]1CCc2[nH]nc(C(N)=O)c2C1. The van der Waals surface area contributed by atoms with E-state index >= 15 is 0 Å². The number of nitrogens with zero attached hydrogens (tertiary/aromatic N) is 1. The van der Waals surface area contributed by atoms with Gasteiger partial charge in [0.05, 0.1) is 0 Å². The number of H-pyrrole nitrogens is 1. The first-order valence-electron chi connectivity index (χ1n) is 4.54. The standard InChI is InChI=1S/C9H13N3O/c1-5-2-3-7-6(4-5)8(9(10)13)12-11-7/h5H,2-4H2,1H3,(H2,10,13)(H,11,12)/t5-/m1/s1. The number of nitrogens with one attached hydrogen (secondary N) is 1. The topological polar surface area (TPSA) is 71.8 Å². The van der Waals surface area contributed by atoms with E-state index in [-0.39, 0.29) is 0 Å². The fraction of sp³-hybridized carbons (Fsp3) is 0.556. The quantitative estimate of drug-likeness (QED) is 0.663. The lowest BCUT2D eigenvalue weighted by Gasteiger charge is -2.17. The van der Waals surface area contributed by atoms with Gasteiger partial charge in [0.15, 0.2) is 5.69 Å². The first kappa shape index (κ1) is 8.29. The van der Waals surface area contributed by atoms with E-state index in [1.807, 2.05) is 0 Å². The number of carbonyl (C=O) groups is 1. The van der Waals surface area contributed by atoms with E-state index in [0.29, 0.717) is 11.6 Å². The van der Waals surface area contributed by atoms with Gasteiger partial charge in [0.2, 0.25) is 0 Å². The number of carbonyl (C=O) groups excluding carboxylic acids is 1. The lowest BCUT2D eigenvalue weighted by molar-refractivity contribution is 0.0994. The number of hydrogen-bond acceptors (Lipinski definition) is 2. The third-order valence-corrected chi connectivity index (χ3v) is 2.63. The molecule has 0 aromatic carbocycles. The molecule has 2 rings (SSSR count). The Hall–Kier alpha value is -1.32. The van der Waals surface area contributed by atoms with Crippen LogP contribution in [0.3, 0.4) is 0 Å². The van der Waals surface area contributed by atoms with Gasteiger partial charge in [-0.25, -0.2) is 0 Å². The number of nitrogens with two attached hydrogens (primary N) is 1. The van der Waals surface area contributed by atoms with E-state index in [0.717, 1.165) is 30.5 Å². The Morgan fingerprint density at radius 1 is 1.69 bits per heavy atom. The van der Waals surface area contributed by atoms with Gasteiger partial charge in [0.1, 0.15) is 0 Å². The Labute approximate surface area is 76.5 Å². The van der Waals surface area contributed by atoms with Crippen LogP contribution in [-0.2, 0) is 12.8 Å². The molecule has 0 unspecified atom stereocenters. The maximum absolute atomic E-state index is 11.0. The minimum absolute atomic E-state index is 0.424. The van der Waals surface area contributed by atoms with Crippen LogP contribution in [0.1, 0.15) is 35.1 Å². The number of fused-ring (bicyclic) bond motifs is 1. The predicted molar refractivity (Wildman–Crippen MR) is 48.3 cm³/mol. The Bertz CT molecular complexity index is 343. The summed E-state index contributed by atoms with van der Waals surface area (Å²) in [4.78, 5) is 11.0. The molecular formula is C9H13N3O. The third kappa shape index (κ3) is 1.32. The van der Waals surface area contributed by atoms with Gasteiger partial charge in [0.25, 0.3) is 5.91 Å². The van der Waals surface area contributed by atoms with Crippen LogP contribution in [0, 0.1) is 5.92 Å². The van der Waals surface area contributed by atoms with Crippen LogP contribution in [0.2, 0.25) is 0 Å². The van der Waals surface area contributed by atoms with E-state index in [9.17, 15) is 4.79 Å². The minimum Gasteiger partial charge on any atom is -0.364 e. The molecule has 1 aliphatic carbocycles. The number of aromatic amines is 1. The van der Waals surface area contributed by atoms with Gasteiger partial charge < -0.3 is 5.73 Å². The molecule has 0 radical (unpaired) electrons. The first-order chi connectivity index (χ1) is 6.18. The van der Waals surface area contributed by atoms with Gasteiger partial charge in [-0.1, -0.05) is 6.92 Å². The number of aromatic nitrogens is 2. The molecule has 0 saturated heterocycles. The highest BCUT2D eigenvalue weighted by Crippen LogP contribution is 2.25. The molecule has 1 atom stereocenters.